The van der Waals surface area contributed by atoms with E-state index in [-0.39, 0.29) is 5.91 Å². The van der Waals surface area contributed by atoms with Crippen molar-refractivity contribution in [2.24, 2.45) is 5.92 Å². The number of rotatable bonds is 6. The number of furan rings is 1. The maximum absolute atomic E-state index is 12.9. The third-order valence-corrected chi connectivity index (χ3v) is 6.45. The summed E-state index contributed by atoms with van der Waals surface area (Å²) in [6.07, 6.45) is 5.53. The van der Waals surface area contributed by atoms with Gasteiger partial charge in [0.25, 0.3) is 0 Å². The first kappa shape index (κ1) is 22.8. The molecule has 1 aromatic heterocycles. The Kier molecular flexibility index (Phi) is 6.63. The molecule has 1 saturated heterocycles. The third kappa shape index (κ3) is 4.56. The topological polar surface area (TPSA) is 61.1 Å². The van der Waals surface area contributed by atoms with Crippen LogP contribution >= 0.6 is 0 Å². The molecule has 2 heterocycles. The van der Waals surface area contributed by atoms with Gasteiger partial charge in [-0.25, -0.2) is 0 Å². The minimum absolute atomic E-state index is 0.0448. The molecule has 0 spiro atoms. The van der Waals surface area contributed by atoms with Crippen molar-refractivity contribution in [1.29, 1.82) is 0 Å². The van der Waals surface area contributed by atoms with E-state index < -0.39 is 0 Å². The lowest BCUT2D eigenvalue weighted by atomic mass is 9.97. The van der Waals surface area contributed by atoms with Gasteiger partial charge in [0.2, 0.25) is 5.91 Å². The Labute approximate surface area is 194 Å². The van der Waals surface area contributed by atoms with Gasteiger partial charge >= 0.3 is 0 Å². The van der Waals surface area contributed by atoms with Gasteiger partial charge in [-0.05, 0) is 55.5 Å². The lowest BCUT2D eigenvalue weighted by molar-refractivity contribution is -0.127. The number of carbonyl (C=O) groups is 1. The highest BCUT2D eigenvalue weighted by Crippen LogP contribution is 2.41. The Morgan fingerprint density at radius 3 is 2.39 bits per heavy atom. The summed E-state index contributed by atoms with van der Waals surface area (Å²) in [6.45, 7) is 5.80. The molecule has 1 aliphatic heterocycles. The summed E-state index contributed by atoms with van der Waals surface area (Å²) in [6, 6.07) is 9.55. The summed E-state index contributed by atoms with van der Waals surface area (Å²) >= 11 is 0. The number of piperidine rings is 1. The summed E-state index contributed by atoms with van der Waals surface area (Å²) in [5.41, 5.74) is 4.15. The Balaban J connectivity index is 1.76. The van der Waals surface area contributed by atoms with Crippen molar-refractivity contribution < 1.29 is 23.4 Å². The van der Waals surface area contributed by atoms with E-state index in [1.54, 1.807) is 33.7 Å². The maximum Gasteiger partial charge on any atom is 0.246 e. The second kappa shape index (κ2) is 9.61. The van der Waals surface area contributed by atoms with E-state index in [4.69, 9.17) is 18.6 Å². The summed E-state index contributed by atoms with van der Waals surface area (Å²) in [5.74, 6) is 2.83. The molecule has 33 heavy (non-hydrogen) atoms. The summed E-state index contributed by atoms with van der Waals surface area (Å²) < 4.78 is 22.5. The molecule has 0 radical (unpaired) electrons. The highest BCUT2D eigenvalue weighted by molar-refractivity contribution is 6.01. The summed E-state index contributed by atoms with van der Waals surface area (Å²) in [5, 5.41) is 0.907. The lowest BCUT2D eigenvalue weighted by Crippen LogP contribution is -2.36. The van der Waals surface area contributed by atoms with Gasteiger partial charge in [0.05, 0.1) is 27.6 Å². The van der Waals surface area contributed by atoms with Gasteiger partial charge in [0, 0.05) is 47.3 Å². The van der Waals surface area contributed by atoms with Crippen molar-refractivity contribution in [3.63, 3.8) is 0 Å². The molecule has 3 aromatic rings. The molecular weight excluding hydrogens is 418 g/mol. The molecule has 174 valence electrons. The molecule has 6 heteroatoms. The lowest BCUT2D eigenvalue weighted by Gasteiger charge is -2.29. The number of amides is 1. The maximum atomic E-state index is 12.9. The van der Waals surface area contributed by atoms with Gasteiger partial charge in [0.1, 0.15) is 22.8 Å². The first-order valence-corrected chi connectivity index (χ1v) is 11.2. The van der Waals surface area contributed by atoms with Crippen LogP contribution in [0, 0.1) is 5.92 Å². The highest BCUT2D eigenvalue weighted by Gasteiger charge is 2.21. The summed E-state index contributed by atoms with van der Waals surface area (Å²) in [7, 11) is 4.90. The standard InChI is InChI=1S/C27H31NO5/c1-17-8-10-28(11-9-17)27(29)12-18(2)20-14-22-23(16-33-26(22)15-25(20)32-5)21-13-19(30-3)6-7-24(21)31-4/h6-7,12-17H,8-11H2,1-5H3/b18-12+. The van der Waals surface area contributed by atoms with Crippen molar-refractivity contribution in [2.45, 2.75) is 26.7 Å². The van der Waals surface area contributed by atoms with E-state index in [0.717, 1.165) is 65.1 Å². The van der Waals surface area contributed by atoms with Crippen molar-refractivity contribution in [3.05, 3.63) is 48.2 Å². The van der Waals surface area contributed by atoms with E-state index in [2.05, 4.69) is 6.92 Å². The van der Waals surface area contributed by atoms with Crippen molar-refractivity contribution >= 4 is 22.4 Å². The van der Waals surface area contributed by atoms with Gasteiger partial charge in [-0.2, -0.15) is 0 Å². The van der Waals surface area contributed by atoms with Crippen LogP contribution < -0.4 is 14.2 Å². The minimum Gasteiger partial charge on any atom is -0.497 e. The molecule has 0 bridgehead atoms. The number of fused-ring (bicyclic) bond motifs is 1. The Bertz CT molecular complexity index is 1180. The zero-order chi connectivity index (χ0) is 23.5. The van der Waals surface area contributed by atoms with Crippen LogP contribution in [0.25, 0.3) is 27.7 Å². The quantitative estimate of drug-likeness (QED) is 0.446. The van der Waals surface area contributed by atoms with Crippen LogP contribution in [-0.2, 0) is 4.79 Å². The molecule has 0 N–H and O–H groups in total. The van der Waals surface area contributed by atoms with E-state index in [1.807, 2.05) is 42.2 Å². The van der Waals surface area contributed by atoms with E-state index in [9.17, 15) is 4.79 Å². The largest absolute Gasteiger partial charge is 0.497 e. The van der Waals surface area contributed by atoms with Crippen LogP contribution in [0.4, 0.5) is 0 Å². The average molecular weight is 450 g/mol. The number of benzene rings is 2. The smallest absolute Gasteiger partial charge is 0.246 e. The van der Waals surface area contributed by atoms with Gasteiger partial charge in [0.15, 0.2) is 0 Å². The van der Waals surface area contributed by atoms with Crippen LogP contribution in [-0.4, -0.2) is 45.2 Å². The molecule has 1 amide bonds. The van der Waals surface area contributed by atoms with Crippen LogP contribution in [0.3, 0.4) is 0 Å². The Hall–Kier alpha value is -3.41. The zero-order valence-electron chi connectivity index (χ0n) is 19.9. The Morgan fingerprint density at radius 1 is 1.00 bits per heavy atom. The molecule has 0 unspecified atom stereocenters. The van der Waals surface area contributed by atoms with Crippen molar-refractivity contribution in [1.82, 2.24) is 4.90 Å². The van der Waals surface area contributed by atoms with Crippen LogP contribution in [0.15, 0.2) is 47.1 Å². The second-order valence-electron chi connectivity index (χ2n) is 8.60. The molecule has 0 aliphatic carbocycles. The minimum atomic E-state index is 0.0448. The van der Waals surface area contributed by atoms with E-state index >= 15 is 0 Å². The second-order valence-corrected chi connectivity index (χ2v) is 8.60. The number of ether oxygens (including phenoxy) is 3. The first-order valence-electron chi connectivity index (χ1n) is 11.2. The third-order valence-electron chi connectivity index (χ3n) is 6.45. The van der Waals surface area contributed by atoms with Crippen molar-refractivity contribution in [3.8, 4) is 28.4 Å². The molecule has 4 rings (SSSR count). The molecule has 6 nitrogen and oxygen atoms in total. The molecular formula is C27H31NO5. The van der Waals surface area contributed by atoms with Crippen molar-refractivity contribution in [2.75, 3.05) is 34.4 Å². The number of nitrogens with zero attached hydrogens (tertiary/aromatic N) is 1. The van der Waals surface area contributed by atoms with Gasteiger partial charge in [-0.3, -0.25) is 4.79 Å². The summed E-state index contributed by atoms with van der Waals surface area (Å²) in [4.78, 5) is 14.8. The van der Waals surface area contributed by atoms with E-state index in [0.29, 0.717) is 17.3 Å². The molecule has 0 atom stereocenters. The molecule has 0 saturated carbocycles. The zero-order valence-corrected chi connectivity index (χ0v) is 19.9. The van der Waals surface area contributed by atoms with Gasteiger partial charge in [-0.1, -0.05) is 6.92 Å². The number of likely N-dealkylation sites (tertiary alicyclic amines) is 1. The SMILES string of the molecule is COc1ccc(OC)c(-c2coc3cc(OC)c(/C(C)=C/C(=O)N4CCC(C)CC4)cc23)c1. The number of allylic oxidation sites excluding steroid dienone is 1. The fourth-order valence-electron chi connectivity index (χ4n) is 4.35. The fourth-order valence-corrected chi connectivity index (χ4v) is 4.35. The predicted molar refractivity (Wildman–Crippen MR) is 130 cm³/mol. The van der Waals surface area contributed by atoms with E-state index in [1.165, 1.54) is 0 Å². The van der Waals surface area contributed by atoms with Gasteiger partial charge in [-0.15, -0.1) is 0 Å². The average Bonchev–Trinajstić information content (AvgIpc) is 3.25. The van der Waals surface area contributed by atoms with Gasteiger partial charge < -0.3 is 23.5 Å². The number of hydrogen-bond acceptors (Lipinski definition) is 5. The normalized spacial score (nSPS) is 15.1. The molecule has 1 aliphatic rings. The van der Waals surface area contributed by atoms with Crippen LogP contribution in [0.5, 0.6) is 17.2 Å². The number of carbonyl (C=O) groups excluding carboxylic acids is 1. The highest BCUT2D eigenvalue weighted by atomic mass is 16.5. The monoisotopic (exact) mass is 449 g/mol. The fraction of sp³-hybridized carbons (Fsp3) is 0.370. The Morgan fingerprint density at radius 2 is 1.73 bits per heavy atom. The number of methoxy groups -OCH3 is 3. The number of hydrogen-bond donors (Lipinski definition) is 0. The van der Waals surface area contributed by atoms with Crippen LogP contribution in [0.1, 0.15) is 32.3 Å². The molecule has 1 fully saturated rings. The first-order chi connectivity index (χ1) is 15.9. The predicted octanol–water partition coefficient (Wildman–Crippen LogP) is 5.79. The molecule has 2 aromatic carbocycles. The van der Waals surface area contributed by atoms with Crippen LogP contribution in [0.2, 0.25) is 0 Å².